The van der Waals surface area contributed by atoms with E-state index >= 15 is 0 Å². The molecule has 0 amide bonds. The topological polar surface area (TPSA) is 66.2 Å². The fraction of sp³-hybridized carbons (Fsp3) is 0.125. The number of ketones is 1. The quantitative estimate of drug-likeness (QED) is 0.312. The Hall–Kier alpha value is -3.65. The smallest absolute Gasteiger partial charge is 0.196 e. The molecule has 1 aliphatic heterocycles. The predicted molar refractivity (Wildman–Crippen MR) is 119 cm³/mol. The van der Waals surface area contributed by atoms with Gasteiger partial charge in [-0.05, 0) is 42.5 Å². The van der Waals surface area contributed by atoms with Gasteiger partial charge >= 0.3 is 0 Å². The van der Waals surface area contributed by atoms with Crippen molar-refractivity contribution >= 4 is 17.5 Å². The predicted octanol–water partition coefficient (Wildman–Crippen LogP) is 4.82. The Bertz CT molecular complexity index is 1260. The molecule has 0 fully saturated rings. The van der Waals surface area contributed by atoms with E-state index in [0.717, 1.165) is 5.56 Å². The Morgan fingerprint density at radius 1 is 0.938 bits per heavy atom. The summed E-state index contributed by atoms with van der Waals surface area (Å²) < 4.78 is 26.4. The van der Waals surface area contributed by atoms with Crippen molar-refractivity contribution in [2.75, 3.05) is 19.0 Å². The van der Waals surface area contributed by atoms with E-state index in [1.807, 2.05) is 34.9 Å². The molecule has 0 spiro atoms. The van der Waals surface area contributed by atoms with Gasteiger partial charge in [0.2, 0.25) is 0 Å². The first-order chi connectivity index (χ1) is 15.7. The van der Waals surface area contributed by atoms with Crippen LogP contribution in [0.4, 0.5) is 4.39 Å². The first kappa shape index (κ1) is 20.3. The summed E-state index contributed by atoms with van der Waals surface area (Å²) in [6.45, 7) is 0.960. The van der Waals surface area contributed by atoms with Crippen molar-refractivity contribution in [3.8, 4) is 28.6 Å². The molecule has 2 heterocycles. The molecule has 0 saturated carbocycles. The van der Waals surface area contributed by atoms with Gasteiger partial charge in [0, 0.05) is 16.8 Å². The van der Waals surface area contributed by atoms with Crippen LogP contribution in [-0.2, 0) is 0 Å². The van der Waals surface area contributed by atoms with Crippen LogP contribution in [0.15, 0.2) is 78.0 Å². The standard InChI is InChI=1S/C24H18FN3O3S/c25-18-7-9-19(10-8-18)28-23(16-4-2-1-3-5-16)26-27-24(28)32-15-20(29)17-6-11-21-22(14-17)31-13-12-30-21/h1-11,14H,12-13,15H2. The molecule has 5 rings (SSSR count). The molecule has 4 aromatic rings. The fourth-order valence-corrected chi connectivity index (χ4v) is 4.24. The van der Waals surface area contributed by atoms with E-state index in [-0.39, 0.29) is 17.4 Å². The number of rotatable bonds is 6. The zero-order chi connectivity index (χ0) is 21.9. The Kier molecular flexibility index (Phi) is 5.60. The minimum absolute atomic E-state index is 0.0677. The van der Waals surface area contributed by atoms with Gasteiger partial charge in [-0.1, -0.05) is 42.1 Å². The lowest BCUT2D eigenvalue weighted by atomic mass is 10.1. The summed E-state index contributed by atoms with van der Waals surface area (Å²) in [5, 5.41) is 9.20. The molecule has 0 N–H and O–H groups in total. The third-order valence-electron chi connectivity index (χ3n) is 4.95. The number of hydrogen-bond donors (Lipinski definition) is 0. The van der Waals surface area contributed by atoms with Gasteiger partial charge in [0.15, 0.2) is 28.3 Å². The summed E-state index contributed by atoms with van der Waals surface area (Å²) in [7, 11) is 0. The number of carbonyl (C=O) groups is 1. The zero-order valence-corrected chi connectivity index (χ0v) is 17.7. The highest BCUT2D eigenvalue weighted by molar-refractivity contribution is 7.99. The van der Waals surface area contributed by atoms with E-state index in [1.54, 1.807) is 30.3 Å². The third-order valence-corrected chi connectivity index (χ3v) is 5.88. The van der Waals surface area contributed by atoms with Crippen LogP contribution in [0.3, 0.4) is 0 Å². The highest BCUT2D eigenvalue weighted by Crippen LogP contribution is 2.32. The molecular weight excluding hydrogens is 429 g/mol. The highest BCUT2D eigenvalue weighted by atomic mass is 32.2. The second kappa shape index (κ2) is 8.84. The summed E-state index contributed by atoms with van der Waals surface area (Å²) in [5.74, 6) is 1.60. The Balaban J connectivity index is 1.43. The first-order valence-electron chi connectivity index (χ1n) is 10.0. The molecule has 0 aliphatic carbocycles. The van der Waals surface area contributed by atoms with Gasteiger partial charge in [-0.2, -0.15) is 0 Å². The van der Waals surface area contributed by atoms with E-state index in [2.05, 4.69) is 10.2 Å². The molecule has 3 aromatic carbocycles. The summed E-state index contributed by atoms with van der Waals surface area (Å²) in [6, 6.07) is 20.9. The fourth-order valence-electron chi connectivity index (χ4n) is 3.39. The van der Waals surface area contributed by atoms with Gasteiger partial charge in [-0.25, -0.2) is 4.39 Å². The zero-order valence-electron chi connectivity index (χ0n) is 16.9. The molecule has 0 bridgehead atoms. The van der Waals surface area contributed by atoms with Crippen LogP contribution in [0.25, 0.3) is 17.1 Å². The largest absolute Gasteiger partial charge is 0.486 e. The lowest BCUT2D eigenvalue weighted by molar-refractivity contribution is 0.102. The number of thioether (sulfide) groups is 1. The van der Waals surface area contributed by atoms with Gasteiger partial charge in [-0.3, -0.25) is 9.36 Å². The van der Waals surface area contributed by atoms with Gasteiger partial charge in [0.05, 0.1) is 5.75 Å². The van der Waals surface area contributed by atoms with Crippen LogP contribution in [0.2, 0.25) is 0 Å². The van der Waals surface area contributed by atoms with Crippen molar-refractivity contribution in [2.45, 2.75) is 5.16 Å². The molecule has 0 radical (unpaired) electrons. The molecule has 8 heteroatoms. The molecule has 1 aromatic heterocycles. The van der Waals surface area contributed by atoms with Gasteiger partial charge in [0.25, 0.3) is 0 Å². The summed E-state index contributed by atoms with van der Waals surface area (Å²) >= 11 is 1.28. The number of Topliss-reactive ketones (excluding diaryl/α,β-unsaturated/α-hetero) is 1. The van der Waals surface area contributed by atoms with Crippen molar-refractivity contribution in [1.82, 2.24) is 14.8 Å². The summed E-state index contributed by atoms with van der Waals surface area (Å²) in [6.07, 6.45) is 0. The van der Waals surface area contributed by atoms with Crippen molar-refractivity contribution in [1.29, 1.82) is 0 Å². The number of benzene rings is 3. The van der Waals surface area contributed by atoms with Crippen LogP contribution in [0, 0.1) is 5.82 Å². The van der Waals surface area contributed by atoms with E-state index in [9.17, 15) is 9.18 Å². The van der Waals surface area contributed by atoms with Crippen molar-refractivity contribution < 1.29 is 18.7 Å². The number of halogens is 1. The average Bonchev–Trinajstić information content (AvgIpc) is 3.27. The van der Waals surface area contributed by atoms with Crippen LogP contribution < -0.4 is 9.47 Å². The molecule has 0 saturated heterocycles. The number of fused-ring (bicyclic) bond motifs is 1. The third kappa shape index (κ3) is 4.09. The number of ether oxygens (including phenoxy) is 2. The number of carbonyl (C=O) groups excluding carboxylic acids is 1. The lowest BCUT2D eigenvalue weighted by Gasteiger charge is -2.18. The van der Waals surface area contributed by atoms with Crippen molar-refractivity contribution in [3.63, 3.8) is 0 Å². The Labute approximate surface area is 188 Å². The molecule has 6 nitrogen and oxygen atoms in total. The van der Waals surface area contributed by atoms with Gasteiger partial charge in [0.1, 0.15) is 19.0 Å². The van der Waals surface area contributed by atoms with Crippen molar-refractivity contribution in [3.05, 3.63) is 84.2 Å². The normalized spacial score (nSPS) is 12.5. The minimum Gasteiger partial charge on any atom is -0.486 e. The minimum atomic E-state index is -0.328. The van der Waals surface area contributed by atoms with Crippen molar-refractivity contribution in [2.24, 2.45) is 0 Å². The maximum Gasteiger partial charge on any atom is 0.196 e. The maximum atomic E-state index is 13.5. The average molecular weight is 447 g/mol. The van der Waals surface area contributed by atoms with E-state index in [1.165, 1.54) is 23.9 Å². The maximum absolute atomic E-state index is 13.5. The van der Waals surface area contributed by atoms with Crippen LogP contribution in [-0.4, -0.2) is 39.5 Å². The SMILES string of the molecule is O=C(CSc1nnc(-c2ccccc2)n1-c1ccc(F)cc1)c1ccc2c(c1)OCCO2. The van der Waals surface area contributed by atoms with Crippen LogP contribution >= 0.6 is 11.8 Å². The summed E-state index contributed by atoms with van der Waals surface area (Å²) in [5.41, 5.74) is 2.12. The molecule has 160 valence electrons. The molecule has 1 aliphatic rings. The van der Waals surface area contributed by atoms with Gasteiger partial charge in [-0.15, -0.1) is 10.2 Å². The van der Waals surface area contributed by atoms with E-state index < -0.39 is 0 Å². The van der Waals surface area contributed by atoms with Crippen LogP contribution in [0.1, 0.15) is 10.4 Å². The van der Waals surface area contributed by atoms with Gasteiger partial charge < -0.3 is 9.47 Å². The number of hydrogen-bond acceptors (Lipinski definition) is 6. The number of aromatic nitrogens is 3. The first-order valence-corrected chi connectivity index (χ1v) is 11.0. The summed E-state index contributed by atoms with van der Waals surface area (Å²) in [4.78, 5) is 12.8. The Morgan fingerprint density at radius 3 is 2.47 bits per heavy atom. The lowest BCUT2D eigenvalue weighted by Crippen LogP contribution is -2.16. The second-order valence-corrected chi connectivity index (χ2v) is 8.00. The molecule has 0 atom stereocenters. The van der Waals surface area contributed by atoms with E-state index in [0.29, 0.717) is 46.9 Å². The second-order valence-electron chi connectivity index (χ2n) is 7.05. The Morgan fingerprint density at radius 2 is 1.69 bits per heavy atom. The van der Waals surface area contributed by atoms with Crippen LogP contribution in [0.5, 0.6) is 11.5 Å². The molecule has 32 heavy (non-hydrogen) atoms. The molecular formula is C24H18FN3O3S. The van der Waals surface area contributed by atoms with E-state index in [4.69, 9.17) is 9.47 Å². The highest BCUT2D eigenvalue weighted by Gasteiger charge is 2.19. The molecule has 0 unspecified atom stereocenters. The monoisotopic (exact) mass is 447 g/mol. The number of nitrogens with zero attached hydrogens (tertiary/aromatic N) is 3.